The number of hydrogen-bond acceptors (Lipinski definition) is 2. The molecular formula is C15H17N3. The van der Waals surface area contributed by atoms with Crippen molar-refractivity contribution in [1.82, 2.24) is 9.97 Å². The molecule has 1 aromatic heterocycles. The van der Waals surface area contributed by atoms with Gasteiger partial charge in [0.25, 0.3) is 0 Å². The molecule has 0 aliphatic rings. The molecule has 1 aromatic carbocycles. The molecule has 2 rings (SSSR count). The topological polar surface area (TPSA) is 52.5 Å². The van der Waals surface area contributed by atoms with Crippen molar-refractivity contribution >= 4 is 0 Å². The van der Waals surface area contributed by atoms with E-state index in [1.807, 2.05) is 26.0 Å². The van der Waals surface area contributed by atoms with Crippen LogP contribution in [0.1, 0.15) is 31.2 Å². The third-order valence-corrected chi connectivity index (χ3v) is 3.02. The van der Waals surface area contributed by atoms with E-state index in [1.165, 1.54) is 5.56 Å². The number of hydrogen-bond donors (Lipinski definition) is 1. The predicted octanol–water partition coefficient (Wildman–Crippen LogP) is 3.65. The fraction of sp³-hybridized carbons (Fsp3) is 0.333. The quantitative estimate of drug-likeness (QED) is 0.888. The molecule has 0 radical (unpaired) electrons. The van der Waals surface area contributed by atoms with E-state index in [-0.39, 0.29) is 11.8 Å². The van der Waals surface area contributed by atoms with Gasteiger partial charge in [-0.2, -0.15) is 5.26 Å². The molecule has 0 fully saturated rings. The van der Waals surface area contributed by atoms with E-state index < -0.39 is 0 Å². The summed E-state index contributed by atoms with van der Waals surface area (Å²) in [6.45, 7) is 6.12. The lowest BCUT2D eigenvalue weighted by Gasteiger charge is -2.09. The van der Waals surface area contributed by atoms with Crippen LogP contribution in [0.25, 0.3) is 11.3 Å². The highest BCUT2D eigenvalue weighted by Crippen LogP contribution is 2.24. The van der Waals surface area contributed by atoms with Gasteiger partial charge in [-0.15, -0.1) is 0 Å². The standard InChI is InChI=1S/C15H17N3/c1-10(2)13(8-16)15-17-9-14(18-15)12-6-4-5-11(3)7-12/h4-7,9-10,13H,1-3H3,(H,17,18). The number of imidazole rings is 1. The van der Waals surface area contributed by atoms with Gasteiger partial charge in [0, 0.05) is 0 Å². The lowest BCUT2D eigenvalue weighted by molar-refractivity contribution is 0.566. The maximum atomic E-state index is 9.16. The normalized spacial score (nSPS) is 12.4. The van der Waals surface area contributed by atoms with Gasteiger partial charge >= 0.3 is 0 Å². The molecule has 3 nitrogen and oxygen atoms in total. The van der Waals surface area contributed by atoms with Gasteiger partial charge in [0.15, 0.2) is 0 Å². The zero-order valence-electron chi connectivity index (χ0n) is 10.9. The van der Waals surface area contributed by atoms with Crippen LogP contribution in [0, 0.1) is 24.2 Å². The van der Waals surface area contributed by atoms with Gasteiger partial charge < -0.3 is 4.98 Å². The average molecular weight is 239 g/mol. The van der Waals surface area contributed by atoms with E-state index in [0.717, 1.165) is 17.1 Å². The van der Waals surface area contributed by atoms with E-state index in [0.29, 0.717) is 0 Å². The Labute approximate surface area is 107 Å². The molecule has 0 amide bonds. The molecule has 92 valence electrons. The van der Waals surface area contributed by atoms with Crippen LogP contribution < -0.4 is 0 Å². The summed E-state index contributed by atoms with van der Waals surface area (Å²) in [5.41, 5.74) is 3.29. The molecule has 1 unspecified atom stereocenters. The molecule has 0 aliphatic carbocycles. The third kappa shape index (κ3) is 2.43. The number of aromatic nitrogens is 2. The van der Waals surface area contributed by atoms with Crippen molar-refractivity contribution in [2.75, 3.05) is 0 Å². The molecule has 18 heavy (non-hydrogen) atoms. The van der Waals surface area contributed by atoms with Crippen molar-refractivity contribution in [3.63, 3.8) is 0 Å². The highest BCUT2D eigenvalue weighted by atomic mass is 14.9. The lowest BCUT2D eigenvalue weighted by atomic mass is 9.97. The second kappa shape index (κ2) is 5.05. The predicted molar refractivity (Wildman–Crippen MR) is 72.0 cm³/mol. The van der Waals surface area contributed by atoms with Crippen molar-refractivity contribution in [1.29, 1.82) is 5.26 Å². The van der Waals surface area contributed by atoms with E-state index in [1.54, 1.807) is 6.20 Å². The van der Waals surface area contributed by atoms with Crippen LogP contribution in [-0.2, 0) is 0 Å². The number of H-pyrrole nitrogens is 1. The Bertz CT molecular complexity index is 575. The van der Waals surface area contributed by atoms with Crippen LogP contribution >= 0.6 is 0 Å². The van der Waals surface area contributed by atoms with Crippen molar-refractivity contribution in [3.8, 4) is 17.3 Å². The molecule has 1 atom stereocenters. The Kier molecular flexibility index (Phi) is 3.47. The van der Waals surface area contributed by atoms with Crippen LogP contribution in [0.2, 0.25) is 0 Å². The molecule has 0 saturated carbocycles. The molecule has 1 N–H and O–H groups in total. The van der Waals surface area contributed by atoms with Crippen molar-refractivity contribution < 1.29 is 0 Å². The Morgan fingerprint density at radius 3 is 2.72 bits per heavy atom. The molecule has 1 heterocycles. The minimum atomic E-state index is -0.177. The zero-order valence-corrected chi connectivity index (χ0v) is 10.9. The van der Waals surface area contributed by atoms with E-state index in [9.17, 15) is 0 Å². The van der Waals surface area contributed by atoms with Gasteiger partial charge in [-0.25, -0.2) is 4.98 Å². The van der Waals surface area contributed by atoms with Crippen LogP contribution in [-0.4, -0.2) is 9.97 Å². The SMILES string of the molecule is Cc1cccc(-c2cnc(C(C#N)C(C)C)[nH]2)c1. The van der Waals surface area contributed by atoms with Crippen molar-refractivity contribution in [3.05, 3.63) is 41.9 Å². The molecule has 0 spiro atoms. The molecule has 3 heteroatoms. The third-order valence-electron chi connectivity index (χ3n) is 3.02. The van der Waals surface area contributed by atoms with Crippen LogP contribution in [0.5, 0.6) is 0 Å². The van der Waals surface area contributed by atoms with Gasteiger partial charge in [0.1, 0.15) is 11.7 Å². The van der Waals surface area contributed by atoms with E-state index >= 15 is 0 Å². The summed E-state index contributed by atoms with van der Waals surface area (Å²) in [6.07, 6.45) is 1.80. The number of aryl methyl sites for hydroxylation is 1. The van der Waals surface area contributed by atoms with Crippen molar-refractivity contribution in [2.45, 2.75) is 26.7 Å². The number of benzene rings is 1. The van der Waals surface area contributed by atoms with E-state index in [4.69, 9.17) is 5.26 Å². The number of rotatable bonds is 3. The van der Waals surface area contributed by atoms with Crippen LogP contribution in [0.15, 0.2) is 30.5 Å². The Morgan fingerprint density at radius 1 is 1.33 bits per heavy atom. The molecule has 0 bridgehead atoms. The lowest BCUT2D eigenvalue weighted by Crippen LogP contribution is -2.05. The summed E-state index contributed by atoms with van der Waals surface area (Å²) >= 11 is 0. The smallest absolute Gasteiger partial charge is 0.124 e. The summed E-state index contributed by atoms with van der Waals surface area (Å²) in [5, 5.41) is 9.16. The van der Waals surface area contributed by atoms with Gasteiger partial charge in [-0.1, -0.05) is 37.6 Å². The summed E-state index contributed by atoms with van der Waals surface area (Å²) in [6, 6.07) is 10.5. The summed E-state index contributed by atoms with van der Waals surface area (Å²) in [7, 11) is 0. The summed E-state index contributed by atoms with van der Waals surface area (Å²) in [4.78, 5) is 7.59. The van der Waals surface area contributed by atoms with Gasteiger partial charge in [0.05, 0.1) is 18.0 Å². The number of nitriles is 1. The second-order valence-electron chi connectivity index (χ2n) is 4.90. The highest BCUT2D eigenvalue weighted by Gasteiger charge is 2.18. The zero-order chi connectivity index (χ0) is 13.1. The number of nitrogens with zero attached hydrogens (tertiary/aromatic N) is 2. The first-order valence-corrected chi connectivity index (χ1v) is 6.13. The van der Waals surface area contributed by atoms with Gasteiger partial charge in [-0.05, 0) is 24.5 Å². The van der Waals surface area contributed by atoms with Crippen LogP contribution in [0.4, 0.5) is 0 Å². The Balaban J connectivity index is 2.34. The number of aromatic amines is 1. The fourth-order valence-electron chi connectivity index (χ4n) is 1.98. The summed E-state index contributed by atoms with van der Waals surface area (Å²) in [5.74, 6) is 0.832. The van der Waals surface area contributed by atoms with Gasteiger partial charge in [0.2, 0.25) is 0 Å². The van der Waals surface area contributed by atoms with Crippen molar-refractivity contribution in [2.24, 2.45) is 5.92 Å². The van der Waals surface area contributed by atoms with E-state index in [2.05, 4.69) is 35.1 Å². The maximum Gasteiger partial charge on any atom is 0.124 e. The fourth-order valence-corrected chi connectivity index (χ4v) is 1.98. The van der Waals surface area contributed by atoms with Gasteiger partial charge in [-0.3, -0.25) is 0 Å². The maximum absolute atomic E-state index is 9.16. The Hall–Kier alpha value is -2.08. The minimum absolute atomic E-state index is 0.177. The first kappa shape index (κ1) is 12.4. The molecule has 0 saturated heterocycles. The second-order valence-corrected chi connectivity index (χ2v) is 4.90. The molecular weight excluding hydrogens is 222 g/mol. The number of nitrogens with one attached hydrogen (secondary N) is 1. The molecule has 2 aromatic rings. The Morgan fingerprint density at radius 2 is 2.11 bits per heavy atom. The van der Waals surface area contributed by atoms with Crippen LogP contribution in [0.3, 0.4) is 0 Å². The first-order valence-electron chi connectivity index (χ1n) is 6.13. The largest absolute Gasteiger partial charge is 0.341 e. The summed E-state index contributed by atoms with van der Waals surface area (Å²) < 4.78 is 0. The monoisotopic (exact) mass is 239 g/mol. The minimum Gasteiger partial charge on any atom is -0.341 e. The average Bonchev–Trinajstić information content (AvgIpc) is 2.79. The first-order chi connectivity index (χ1) is 8.61. The molecule has 0 aliphatic heterocycles. The highest BCUT2D eigenvalue weighted by molar-refractivity contribution is 5.59.